The lowest BCUT2D eigenvalue weighted by Gasteiger charge is -2.19. The summed E-state index contributed by atoms with van der Waals surface area (Å²) in [6, 6.07) is -1.94. The molecule has 0 spiro atoms. The van der Waals surface area contributed by atoms with Gasteiger partial charge in [0.25, 0.3) is 0 Å². The lowest BCUT2D eigenvalue weighted by Crippen LogP contribution is -2.52. The van der Waals surface area contributed by atoms with Gasteiger partial charge in [0, 0.05) is 24.6 Å². The van der Waals surface area contributed by atoms with Crippen LogP contribution in [0.1, 0.15) is 20.3 Å². The predicted molar refractivity (Wildman–Crippen MR) is 106 cm³/mol. The van der Waals surface area contributed by atoms with Gasteiger partial charge in [-0.25, -0.2) is 0 Å². The Morgan fingerprint density at radius 2 is 1.11 bits per heavy atom. The summed E-state index contributed by atoms with van der Waals surface area (Å²) in [6.07, 6.45) is -2.08. The Kier molecular flexibility index (Phi) is 12.9. The highest BCUT2D eigenvalue weighted by atomic mass is 32.1. The van der Waals surface area contributed by atoms with Gasteiger partial charge in [0.05, 0.1) is 12.2 Å². The van der Waals surface area contributed by atoms with Gasteiger partial charge in [0.15, 0.2) is 0 Å². The van der Waals surface area contributed by atoms with E-state index in [-0.39, 0.29) is 24.6 Å². The minimum absolute atomic E-state index is 0.0000169. The normalized spacial score (nSPS) is 15.0. The van der Waals surface area contributed by atoms with E-state index in [1.165, 1.54) is 13.8 Å². The molecule has 0 aromatic carbocycles. The van der Waals surface area contributed by atoms with Crippen molar-refractivity contribution < 1.29 is 29.4 Å². The van der Waals surface area contributed by atoms with Gasteiger partial charge in [0.1, 0.15) is 18.5 Å². The van der Waals surface area contributed by atoms with Crippen LogP contribution < -0.4 is 21.3 Å². The fourth-order valence-corrected chi connectivity index (χ4v) is 2.28. The molecule has 0 aliphatic carbocycles. The summed E-state index contributed by atoms with van der Waals surface area (Å²) in [5.41, 5.74) is 0. The van der Waals surface area contributed by atoms with E-state index >= 15 is 0 Å². The number of carbonyl (C=O) groups is 4. The van der Waals surface area contributed by atoms with Gasteiger partial charge in [-0.1, -0.05) is 0 Å². The largest absolute Gasteiger partial charge is 0.392 e. The Morgan fingerprint density at radius 3 is 1.37 bits per heavy atom. The van der Waals surface area contributed by atoms with Gasteiger partial charge >= 0.3 is 0 Å². The Labute approximate surface area is 169 Å². The van der Waals surface area contributed by atoms with Crippen molar-refractivity contribution in [2.24, 2.45) is 0 Å². The molecule has 27 heavy (non-hydrogen) atoms. The average molecular weight is 425 g/mol. The number of thiol groups is 2. The van der Waals surface area contributed by atoms with E-state index < -0.39 is 54.3 Å². The lowest BCUT2D eigenvalue weighted by atomic mass is 10.2. The molecule has 0 aliphatic rings. The molecule has 12 heteroatoms. The molecule has 4 unspecified atom stereocenters. The standard InChI is InChI=1S/C15H28N4O6S2/c1-8(20)4-16-14(24)10(6-26)18-12(22)3-13(23)19-11(7-27)15(25)17-5-9(2)21/h8-11,20-21,26-27H,3-7H2,1-2H3,(H,16,24)(H,17,25)(H,18,22)(H,19,23). The first-order valence-corrected chi connectivity index (χ1v) is 9.59. The second kappa shape index (κ2) is 13.6. The van der Waals surface area contributed by atoms with E-state index in [0.29, 0.717) is 0 Å². The second-order valence-corrected chi connectivity index (χ2v) is 6.70. The molecular weight excluding hydrogens is 396 g/mol. The number of hydrogen-bond donors (Lipinski definition) is 8. The second-order valence-electron chi connectivity index (χ2n) is 5.97. The summed E-state index contributed by atoms with van der Waals surface area (Å²) in [5.74, 6) is -2.52. The van der Waals surface area contributed by atoms with Gasteiger partial charge < -0.3 is 31.5 Å². The van der Waals surface area contributed by atoms with Crippen molar-refractivity contribution in [2.75, 3.05) is 24.6 Å². The van der Waals surface area contributed by atoms with Crippen molar-refractivity contribution in [3.63, 3.8) is 0 Å². The average Bonchev–Trinajstić information content (AvgIpc) is 2.59. The van der Waals surface area contributed by atoms with Crippen LogP contribution in [0.3, 0.4) is 0 Å². The number of carbonyl (C=O) groups excluding carboxylic acids is 4. The Balaban J connectivity index is 4.50. The first kappa shape index (κ1) is 25.5. The summed E-state index contributed by atoms with van der Waals surface area (Å²) in [6.45, 7) is 3.03. The summed E-state index contributed by atoms with van der Waals surface area (Å²) < 4.78 is 0. The van der Waals surface area contributed by atoms with Gasteiger partial charge in [-0.3, -0.25) is 19.2 Å². The monoisotopic (exact) mass is 424 g/mol. The van der Waals surface area contributed by atoms with Crippen LogP contribution in [0, 0.1) is 0 Å². The molecule has 4 atom stereocenters. The third-order valence-electron chi connectivity index (χ3n) is 3.13. The first-order valence-electron chi connectivity index (χ1n) is 8.32. The van der Waals surface area contributed by atoms with E-state index in [9.17, 15) is 19.2 Å². The van der Waals surface area contributed by atoms with Gasteiger partial charge in [0.2, 0.25) is 23.6 Å². The Bertz CT molecular complexity index is 475. The number of aliphatic hydroxyl groups excluding tert-OH is 2. The van der Waals surface area contributed by atoms with Gasteiger partial charge in [-0.2, -0.15) is 25.3 Å². The van der Waals surface area contributed by atoms with Crippen molar-refractivity contribution in [3.8, 4) is 0 Å². The van der Waals surface area contributed by atoms with Crippen molar-refractivity contribution >= 4 is 48.9 Å². The summed E-state index contributed by atoms with van der Waals surface area (Å²) >= 11 is 7.96. The molecule has 6 N–H and O–H groups in total. The molecule has 0 aliphatic heterocycles. The number of rotatable bonds is 12. The Hall–Kier alpha value is -1.50. The highest BCUT2D eigenvalue weighted by Crippen LogP contribution is 1.95. The molecule has 0 radical (unpaired) electrons. The summed E-state index contributed by atoms with van der Waals surface area (Å²) in [4.78, 5) is 47.6. The summed E-state index contributed by atoms with van der Waals surface area (Å²) in [7, 11) is 0. The number of nitrogens with one attached hydrogen (secondary N) is 4. The minimum Gasteiger partial charge on any atom is -0.392 e. The molecule has 156 valence electrons. The Morgan fingerprint density at radius 1 is 0.778 bits per heavy atom. The van der Waals surface area contributed by atoms with E-state index in [4.69, 9.17) is 10.2 Å². The zero-order chi connectivity index (χ0) is 21.0. The van der Waals surface area contributed by atoms with Crippen LogP contribution in [-0.4, -0.2) is 82.7 Å². The van der Waals surface area contributed by atoms with E-state index in [2.05, 4.69) is 46.5 Å². The fourth-order valence-electron chi connectivity index (χ4n) is 1.77. The molecule has 10 nitrogen and oxygen atoms in total. The fraction of sp³-hybridized carbons (Fsp3) is 0.733. The number of aliphatic hydroxyl groups is 2. The smallest absolute Gasteiger partial charge is 0.243 e. The molecule has 0 rings (SSSR count). The highest BCUT2D eigenvalue weighted by Gasteiger charge is 2.23. The zero-order valence-corrected chi connectivity index (χ0v) is 17.1. The summed E-state index contributed by atoms with van der Waals surface area (Å²) in [5, 5.41) is 27.9. The molecule has 0 aromatic heterocycles. The van der Waals surface area contributed by atoms with Crippen LogP contribution in [0.25, 0.3) is 0 Å². The quantitative estimate of drug-likeness (QED) is 0.125. The number of amides is 4. The van der Waals surface area contributed by atoms with Gasteiger partial charge in [-0.05, 0) is 13.8 Å². The third kappa shape index (κ3) is 11.7. The van der Waals surface area contributed by atoms with Crippen molar-refractivity contribution in [3.05, 3.63) is 0 Å². The van der Waals surface area contributed by atoms with Crippen LogP contribution in [0.5, 0.6) is 0 Å². The topological polar surface area (TPSA) is 157 Å². The maximum atomic E-state index is 11.9. The maximum Gasteiger partial charge on any atom is 0.243 e. The van der Waals surface area contributed by atoms with Crippen LogP contribution in [0.4, 0.5) is 0 Å². The van der Waals surface area contributed by atoms with E-state index in [1.54, 1.807) is 0 Å². The molecule has 0 heterocycles. The first-order chi connectivity index (χ1) is 12.6. The molecule has 0 bridgehead atoms. The van der Waals surface area contributed by atoms with E-state index in [1.807, 2.05) is 0 Å². The molecule has 4 amide bonds. The molecule has 0 saturated carbocycles. The van der Waals surface area contributed by atoms with Crippen molar-refractivity contribution in [1.82, 2.24) is 21.3 Å². The molecule has 0 aromatic rings. The minimum atomic E-state index is -0.970. The highest BCUT2D eigenvalue weighted by molar-refractivity contribution is 7.80. The maximum absolute atomic E-state index is 11.9. The molecule has 0 fully saturated rings. The van der Waals surface area contributed by atoms with Crippen LogP contribution in [0.15, 0.2) is 0 Å². The molecular formula is C15H28N4O6S2. The van der Waals surface area contributed by atoms with Crippen molar-refractivity contribution in [1.29, 1.82) is 0 Å². The SMILES string of the molecule is CC(O)CNC(=O)C(CS)NC(=O)CC(=O)NC(CS)C(=O)NCC(C)O. The third-order valence-corrected chi connectivity index (χ3v) is 3.86. The van der Waals surface area contributed by atoms with Crippen LogP contribution >= 0.6 is 25.3 Å². The van der Waals surface area contributed by atoms with Crippen LogP contribution in [-0.2, 0) is 19.2 Å². The lowest BCUT2D eigenvalue weighted by molar-refractivity contribution is -0.134. The van der Waals surface area contributed by atoms with Crippen molar-refractivity contribution in [2.45, 2.75) is 44.6 Å². The number of hydrogen-bond acceptors (Lipinski definition) is 8. The zero-order valence-electron chi connectivity index (χ0n) is 15.3. The van der Waals surface area contributed by atoms with Crippen LogP contribution in [0.2, 0.25) is 0 Å². The van der Waals surface area contributed by atoms with Gasteiger partial charge in [-0.15, -0.1) is 0 Å². The van der Waals surface area contributed by atoms with E-state index in [0.717, 1.165) is 0 Å². The predicted octanol–water partition coefficient (Wildman–Crippen LogP) is -2.80. The molecule has 0 saturated heterocycles.